The lowest BCUT2D eigenvalue weighted by atomic mass is 9.53. The van der Waals surface area contributed by atoms with Crippen molar-refractivity contribution in [2.75, 3.05) is 13.1 Å². The lowest BCUT2D eigenvalue weighted by Crippen LogP contribution is -2.61. The molecule has 54 heavy (non-hydrogen) atoms. The van der Waals surface area contributed by atoms with Crippen LogP contribution in [-0.2, 0) is 22.6 Å². The molecule has 6 bridgehead atoms. The SMILES string of the molecule is CC1C(CN2CC3(C)CC2CC(C)(C)C3)OC(c2cccc(-c3cccc(CNC(=O)NC45CC6CC(CC(C6)C4)C5)c3)c2)OC1c1ccc(CO)cc1. The third-order valence-electron chi connectivity index (χ3n) is 14.4. The number of benzene rings is 3. The van der Waals surface area contributed by atoms with Crippen molar-refractivity contribution in [3.8, 4) is 11.1 Å². The van der Waals surface area contributed by atoms with E-state index < -0.39 is 6.29 Å². The first kappa shape index (κ1) is 36.4. The van der Waals surface area contributed by atoms with Crippen LogP contribution in [0.15, 0.2) is 72.8 Å². The normalized spacial score (nSPS) is 36.6. The molecule has 0 spiro atoms. The third-order valence-corrected chi connectivity index (χ3v) is 14.4. The minimum Gasteiger partial charge on any atom is -0.392 e. The molecule has 2 heterocycles. The van der Waals surface area contributed by atoms with Gasteiger partial charge in [-0.3, -0.25) is 4.90 Å². The van der Waals surface area contributed by atoms with E-state index >= 15 is 0 Å². The second-order valence-corrected chi connectivity index (χ2v) is 19.8. The molecule has 3 N–H and O–H groups in total. The van der Waals surface area contributed by atoms with Crippen molar-refractivity contribution >= 4 is 6.03 Å². The van der Waals surface area contributed by atoms with Crippen LogP contribution >= 0.6 is 0 Å². The van der Waals surface area contributed by atoms with Gasteiger partial charge in [-0.2, -0.15) is 0 Å². The van der Waals surface area contributed by atoms with Crippen molar-refractivity contribution < 1.29 is 19.4 Å². The Hall–Kier alpha value is -3.23. The highest BCUT2D eigenvalue weighted by Crippen LogP contribution is 2.56. The Morgan fingerprint density at radius 3 is 2.20 bits per heavy atom. The second kappa shape index (κ2) is 14.1. The van der Waals surface area contributed by atoms with Crippen molar-refractivity contribution in [2.24, 2.45) is 34.5 Å². The molecule has 3 aromatic rings. The van der Waals surface area contributed by atoms with Crippen LogP contribution in [0.1, 0.15) is 120 Å². The van der Waals surface area contributed by atoms with Gasteiger partial charge in [0.15, 0.2) is 6.29 Å². The molecule has 7 heteroatoms. The molecule has 5 aliphatic carbocycles. The molecule has 2 aliphatic heterocycles. The third kappa shape index (κ3) is 7.38. The largest absolute Gasteiger partial charge is 0.392 e. The van der Waals surface area contributed by atoms with Gasteiger partial charge in [0.1, 0.15) is 0 Å². The molecule has 0 radical (unpaired) electrons. The predicted molar refractivity (Wildman–Crippen MR) is 212 cm³/mol. The summed E-state index contributed by atoms with van der Waals surface area (Å²) < 4.78 is 13.9. The van der Waals surface area contributed by atoms with Gasteiger partial charge in [-0.05, 0) is 126 Å². The lowest BCUT2D eigenvalue weighted by Gasteiger charge is -2.56. The van der Waals surface area contributed by atoms with Crippen LogP contribution in [-0.4, -0.2) is 46.8 Å². The van der Waals surface area contributed by atoms with Crippen LogP contribution in [0.2, 0.25) is 0 Å². The zero-order chi connectivity index (χ0) is 37.2. The second-order valence-electron chi connectivity index (χ2n) is 19.8. The first-order chi connectivity index (χ1) is 25.9. The minimum atomic E-state index is -0.513. The highest BCUT2D eigenvalue weighted by Gasteiger charge is 2.52. The van der Waals surface area contributed by atoms with Crippen LogP contribution in [0.5, 0.6) is 0 Å². The number of aliphatic hydroxyl groups is 1. The summed E-state index contributed by atoms with van der Waals surface area (Å²) in [6.07, 6.45) is 10.7. The van der Waals surface area contributed by atoms with Gasteiger partial charge in [-0.1, -0.05) is 88.4 Å². The van der Waals surface area contributed by atoms with Gasteiger partial charge in [-0.15, -0.1) is 0 Å². The van der Waals surface area contributed by atoms with Gasteiger partial charge in [0, 0.05) is 42.7 Å². The fourth-order valence-corrected chi connectivity index (χ4v) is 12.8. The fourth-order valence-electron chi connectivity index (χ4n) is 12.8. The van der Waals surface area contributed by atoms with Crippen molar-refractivity contribution in [2.45, 2.75) is 129 Å². The molecule has 3 aromatic carbocycles. The molecule has 0 aromatic heterocycles. The Morgan fingerprint density at radius 2 is 1.50 bits per heavy atom. The number of hydrogen-bond donors (Lipinski definition) is 3. The van der Waals surface area contributed by atoms with E-state index in [1.807, 2.05) is 12.1 Å². The molecule has 2 saturated heterocycles. The number of urea groups is 1. The topological polar surface area (TPSA) is 83.1 Å². The highest BCUT2D eigenvalue weighted by molar-refractivity contribution is 5.75. The molecule has 6 unspecified atom stereocenters. The number of carbonyl (C=O) groups excluding carboxylic acids is 1. The van der Waals surface area contributed by atoms with E-state index in [4.69, 9.17) is 9.47 Å². The Balaban J connectivity index is 0.913. The number of nitrogens with one attached hydrogen (secondary N) is 2. The van der Waals surface area contributed by atoms with Crippen LogP contribution < -0.4 is 10.6 Å². The van der Waals surface area contributed by atoms with Crippen LogP contribution in [0, 0.1) is 34.5 Å². The van der Waals surface area contributed by atoms with E-state index in [1.165, 1.54) is 38.5 Å². The Bertz CT molecular complexity index is 1810. The Morgan fingerprint density at radius 1 is 0.815 bits per heavy atom. The number of ether oxygens (including phenoxy) is 2. The molecule has 7 nitrogen and oxygen atoms in total. The van der Waals surface area contributed by atoms with Crippen molar-refractivity contribution in [3.63, 3.8) is 0 Å². The molecule has 6 atom stereocenters. The molecular formula is C47H61N3O4. The van der Waals surface area contributed by atoms with Gasteiger partial charge in [0.25, 0.3) is 0 Å². The number of fused-ring (bicyclic) bond motifs is 2. The first-order valence-corrected chi connectivity index (χ1v) is 20.9. The van der Waals surface area contributed by atoms with E-state index in [2.05, 4.69) is 104 Å². The monoisotopic (exact) mass is 731 g/mol. The summed E-state index contributed by atoms with van der Waals surface area (Å²) in [5.74, 6) is 2.55. The van der Waals surface area contributed by atoms with Crippen molar-refractivity contribution in [1.29, 1.82) is 0 Å². The minimum absolute atomic E-state index is 0.0000322. The summed E-state index contributed by atoms with van der Waals surface area (Å²) in [4.78, 5) is 16.0. The smallest absolute Gasteiger partial charge is 0.315 e. The van der Waals surface area contributed by atoms with Gasteiger partial charge in [-0.25, -0.2) is 4.79 Å². The maximum absolute atomic E-state index is 13.2. The summed E-state index contributed by atoms with van der Waals surface area (Å²) in [6, 6.07) is 25.9. The fraction of sp³-hybridized carbons (Fsp3) is 0.596. The highest BCUT2D eigenvalue weighted by atomic mass is 16.7. The molecule has 5 saturated carbocycles. The van der Waals surface area contributed by atoms with Crippen molar-refractivity contribution in [1.82, 2.24) is 15.5 Å². The summed E-state index contributed by atoms with van der Waals surface area (Å²) in [7, 11) is 0. The number of amides is 2. The number of nitrogens with zero attached hydrogens (tertiary/aromatic N) is 1. The quantitative estimate of drug-likeness (QED) is 0.204. The average Bonchev–Trinajstić information content (AvgIpc) is 3.37. The summed E-state index contributed by atoms with van der Waals surface area (Å²) >= 11 is 0. The van der Waals surface area contributed by atoms with Crippen molar-refractivity contribution in [3.05, 3.63) is 95.1 Å². The number of rotatable bonds is 9. The van der Waals surface area contributed by atoms with Gasteiger partial charge < -0.3 is 25.2 Å². The predicted octanol–water partition coefficient (Wildman–Crippen LogP) is 9.31. The molecule has 7 fully saturated rings. The van der Waals surface area contributed by atoms with Crippen LogP contribution in [0.3, 0.4) is 0 Å². The first-order valence-electron chi connectivity index (χ1n) is 20.9. The Labute approximate surface area is 322 Å². The molecular weight excluding hydrogens is 671 g/mol. The van der Waals surface area contributed by atoms with Gasteiger partial charge in [0.2, 0.25) is 0 Å². The number of carbonyl (C=O) groups is 1. The zero-order valence-electron chi connectivity index (χ0n) is 32.9. The van der Waals surface area contributed by atoms with Crippen LogP contribution in [0.25, 0.3) is 11.1 Å². The summed E-state index contributed by atoms with van der Waals surface area (Å²) in [6.45, 7) is 12.2. The summed E-state index contributed by atoms with van der Waals surface area (Å²) in [5.41, 5.74) is 7.04. The molecule has 7 aliphatic rings. The summed E-state index contributed by atoms with van der Waals surface area (Å²) in [5, 5.41) is 16.4. The standard InChI is InChI=1S/C47H61N3O4/c1-30-41(26-50-29-46(4)24-40(50)23-45(2,3)28-46)53-43(54-42(30)36-13-11-31(27-51)12-14-36)39-10-6-9-38(19-39)37-8-5-7-32(18-37)25-48-44(52)49-47-20-33-15-34(21-47)17-35(16-33)22-47/h5-14,18-19,30,33-35,40-43,51H,15-17,20-29H2,1-4H3,(H2,48,49,52). The van der Waals surface area contributed by atoms with E-state index in [-0.39, 0.29) is 36.3 Å². The average molecular weight is 732 g/mol. The van der Waals surface area contributed by atoms with E-state index in [0.29, 0.717) is 23.4 Å². The maximum atomic E-state index is 13.2. The lowest BCUT2D eigenvalue weighted by molar-refractivity contribution is -0.276. The number of aliphatic hydroxyl groups excluding tert-OH is 1. The van der Waals surface area contributed by atoms with E-state index in [0.717, 1.165) is 83.5 Å². The number of hydrogen-bond acceptors (Lipinski definition) is 5. The Kier molecular flexibility index (Phi) is 9.48. The molecule has 288 valence electrons. The van der Waals surface area contributed by atoms with Gasteiger partial charge >= 0.3 is 6.03 Å². The maximum Gasteiger partial charge on any atom is 0.315 e. The zero-order valence-corrected chi connectivity index (χ0v) is 32.9. The number of likely N-dealkylation sites (tertiary alicyclic amines) is 1. The molecule has 10 rings (SSSR count). The molecule has 2 amide bonds. The van der Waals surface area contributed by atoms with E-state index in [9.17, 15) is 9.90 Å². The van der Waals surface area contributed by atoms with Gasteiger partial charge in [0.05, 0.1) is 18.8 Å². The van der Waals surface area contributed by atoms with E-state index in [1.54, 1.807) is 0 Å². The van der Waals surface area contributed by atoms with Crippen LogP contribution in [0.4, 0.5) is 4.79 Å².